The maximum Gasteiger partial charge on any atom is 0.306 e. The van der Waals surface area contributed by atoms with Gasteiger partial charge in [0.1, 0.15) is 0 Å². The average molecular weight is 521 g/mol. The van der Waals surface area contributed by atoms with Crippen molar-refractivity contribution in [3.8, 4) is 0 Å². The molecule has 2 aromatic heterocycles. The number of hydrogen-bond donors (Lipinski definition) is 1. The molecule has 0 atom stereocenters. The van der Waals surface area contributed by atoms with Crippen molar-refractivity contribution >= 4 is 44.7 Å². The molecule has 0 bridgehead atoms. The Morgan fingerprint density at radius 3 is 2.59 bits per heavy atom. The predicted molar refractivity (Wildman–Crippen MR) is 132 cm³/mol. The molecule has 0 aliphatic heterocycles. The van der Waals surface area contributed by atoms with Gasteiger partial charge in [-0.25, -0.2) is 13.1 Å². The van der Waals surface area contributed by atoms with Crippen molar-refractivity contribution in [2.75, 3.05) is 13.2 Å². The number of halogens is 1. The third-order valence-electron chi connectivity index (χ3n) is 4.91. The van der Waals surface area contributed by atoms with Crippen LogP contribution in [0.25, 0.3) is 0 Å². The number of sulfonamides is 1. The van der Waals surface area contributed by atoms with Gasteiger partial charge in [0.2, 0.25) is 15.8 Å². The SMILES string of the molecule is CCOC(=O)CCc1cc(CCCNS(=O)(=O)c2ccc(Cl)cc2)c(C(=O)c2cccnc2)s1. The highest BCUT2D eigenvalue weighted by atomic mass is 35.5. The summed E-state index contributed by atoms with van der Waals surface area (Å²) in [4.78, 5) is 30.5. The fourth-order valence-electron chi connectivity index (χ4n) is 3.26. The first-order chi connectivity index (χ1) is 16.3. The number of ketones is 1. The molecule has 7 nitrogen and oxygen atoms in total. The molecule has 0 fully saturated rings. The van der Waals surface area contributed by atoms with Gasteiger partial charge in [0.05, 0.1) is 22.8 Å². The van der Waals surface area contributed by atoms with E-state index in [2.05, 4.69) is 9.71 Å². The highest BCUT2D eigenvalue weighted by Crippen LogP contribution is 2.27. The maximum atomic E-state index is 13.1. The second-order valence-electron chi connectivity index (χ2n) is 7.40. The Bertz CT molecular complexity index is 1230. The molecule has 0 amide bonds. The Morgan fingerprint density at radius 1 is 1.15 bits per heavy atom. The molecule has 0 saturated carbocycles. The molecule has 34 heavy (non-hydrogen) atoms. The molecular weight excluding hydrogens is 496 g/mol. The Hall–Kier alpha value is -2.59. The lowest BCUT2D eigenvalue weighted by atomic mass is 10.0. The quantitative estimate of drug-likeness (QED) is 0.215. The minimum Gasteiger partial charge on any atom is -0.466 e. The summed E-state index contributed by atoms with van der Waals surface area (Å²) >= 11 is 7.18. The van der Waals surface area contributed by atoms with Crippen molar-refractivity contribution in [2.45, 2.75) is 37.5 Å². The molecule has 0 aliphatic carbocycles. The Kier molecular flexibility index (Phi) is 9.35. The lowest BCUT2D eigenvalue weighted by molar-refractivity contribution is -0.143. The summed E-state index contributed by atoms with van der Waals surface area (Å²) in [7, 11) is -3.65. The first-order valence-electron chi connectivity index (χ1n) is 10.8. The van der Waals surface area contributed by atoms with Gasteiger partial charge in [0, 0.05) is 34.4 Å². The number of carbonyl (C=O) groups excluding carboxylic acids is 2. The standard InChI is InChI=1S/C24H25ClN2O5S2/c1-2-32-22(28)12-9-20-15-17(24(33-20)23(29)18-6-3-13-26-16-18)5-4-14-27-34(30,31)21-10-7-19(25)8-11-21/h3,6-8,10-11,13,15-16,27H,2,4-5,9,12,14H2,1H3. The van der Waals surface area contributed by atoms with Gasteiger partial charge < -0.3 is 4.74 Å². The molecule has 0 unspecified atom stereocenters. The van der Waals surface area contributed by atoms with Crippen molar-refractivity contribution in [3.63, 3.8) is 0 Å². The normalized spacial score (nSPS) is 11.4. The largest absolute Gasteiger partial charge is 0.466 e. The van der Waals surface area contributed by atoms with E-state index in [4.69, 9.17) is 16.3 Å². The van der Waals surface area contributed by atoms with E-state index in [-0.39, 0.29) is 29.6 Å². The molecule has 0 saturated heterocycles. The van der Waals surface area contributed by atoms with E-state index in [1.807, 2.05) is 6.07 Å². The van der Waals surface area contributed by atoms with Crippen molar-refractivity contribution in [1.82, 2.24) is 9.71 Å². The summed E-state index contributed by atoms with van der Waals surface area (Å²) < 4.78 is 32.5. The van der Waals surface area contributed by atoms with E-state index in [0.29, 0.717) is 41.3 Å². The number of ether oxygens (including phenoxy) is 1. The van der Waals surface area contributed by atoms with Crippen molar-refractivity contribution in [1.29, 1.82) is 0 Å². The zero-order valence-corrected chi connectivity index (χ0v) is 21.0. The number of thiophene rings is 1. The number of nitrogens with zero attached hydrogens (tertiary/aromatic N) is 1. The summed E-state index contributed by atoms with van der Waals surface area (Å²) in [6, 6.07) is 11.3. The summed E-state index contributed by atoms with van der Waals surface area (Å²) in [5.74, 6) is -0.425. The van der Waals surface area contributed by atoms with Crippen LogP contribution in [0, 0.1) is 0 Å². The molecule has 10 heteroatoms. The molecule has 0 spiro atoms. The number of nitrogens with one attached hydrogen (secondary N) is 1. The smallest absolute Gasteiger partial charge is 0.306 e. The van der Waals surface area contributed by atoms with Gasteiger partial charge in [0.25, 0.3) is 0 Å². The summed E-state index contributed by atoms with van der Waals surface area (Å²) in [5, 5.41) is 0.459. The van der Waals surface area contributed by atoms with Gasteiger partial charge in [-0.1, -0.05) is 11.6 Å². The minimum absolute atomic E-state index is 0.140. The number of benzene rings is 1. The lowest BCUT2D eigenvalue weighted by Gasteiger charge is -2.07. The number of aromatic nitrogens is 1. The average Bonchev–Trinajstić information content (AvgIpc) is 3.24. The topological polar surface area (TPSA) is 102 Å². The first kappa shape index (κ1) is 26.0. The van der Waals surface area contributed by atoms with E-state index in [1.165, 1.54) is 41.8 Å². The first-order valence-corrected chi connectivity index (χ1v) is 13.4. The van der Waals surface area contributed by atoms with E-state index in [9.17, 15) is 18.0 Å². The number of rotatable bonds is 12. The zero-order valence-electron chi connectivity index (χ0n) is 18.6. The number of pyridine rings is 1. The van der Waals surface area contributed by atoms with E-state index >= 15 is 0 Å². The van der Waals surface area contributed by atoms with Crippen LogP contribution < -0.4 is 4.72 Å². The summed E-state index contributed by atoms with van der Waals surface area (Å²) in [5.41, 5.74) is 1.30. The van der Waals surface area contributed by atoms with Crippen LogP contribution in [0.5, 0.6) is 0 Å². The van der Waals surface area contributed by atoms with E-state index in [1.54, 1.807) is 25.3 Å². The molecule has 3 rings (SSSR count). The number of esters is 1. The number of carbonyl (C=O) groups is 2. The predicted octanol–water partition coefficient (Wildman–Crippen LogP) is 4.43. The number of hydrogen-bond acceptors (Lipinski definition) is 7. The monoisotopic (exact) mass is 520 g/mol. The third kappa shape index (κ3) is 7.20. The summed E-state index contributed by atoms with van der Waals surface area (Å²) in [6.45, 7) is 2.29. The molecule has 0 aliphatic rings. The van der Waals surface area contributed by atoms with Gasteiger partial charge in [-0.3, -0.25) is 14.6 Å². The van der Waals surface area contributed by atoms with Crippen LogP contribution in [0.4, 0.5) is 0 Å². The van der Waals surface area contributed by atoms with Gasteiger partial charge in [-0.2, -0.15) is 0 Å². The van der Waals surface area contributed by atoms with E-state index in [0.717, 1.165) is 10.4 Å². The highest BCUT2D eigenvalue weighted by molar-refractivity contribution is 7.89. The molecule has 1 aromatic carbocycles. The van der Waals surface area contributed by atoms with Crippen LogP contribution in [0.1, 0.15) is 45.4 Å². The van der Waals surface area contributed by atoms with Crippen LogP contribution in [0.3, 0.4) is 0 Å². The van der Waals surface area contributed by atoms with Gasteiger partial charge in [0.15, 0.2) is 0 Å². The van der Waals surface area contributed by atoms with Gasteiger partial charge >= 0.3 is 5.97 Å². The van der Waals surface area contributed by atoms with Crippen LogP contribution in [-0.2, 0) is 32.4 Å². The fourth-order valence-corrected chi connectivity index (χ4v) is 5.63. The highest BCUT2D eigenvalue weighted by Gasteiger charge is 2.19. The maximum absolute atomic E-state index is 13.1. The minimum atomic E-state index is -3.65. The molecule has 3 aromatic rings. The second-order valence-corrected chi connectivity index (χ2v) is 10.7. The molecule has 2 heterocycles. The van der Waals surface area contributed by atoms with Crippen molar-refractivity contribution < 1.29 is 22.7 Å². The number of aryl methyl sites for hydroxylation is 2. The van der Waals surface area contributed by atoms with Gasteiger partial charge in [-0.05, 0) is 74.2 Å². The Morgan fingerprint density at radius 2 is 1.91 bits per heavy atom. The third-order valence-corrected chi connectivity index (χ3v) is 7.87. The van der Waals surface area contributed by atoms with Crippen LogP contribution in [0.15, 0.2) is 59.8 Å². The van der Waals surface area contributed by atoms with Crippen molar-refractivity contribution in [2.24, 2.45) is 0 Å². The van der Waals surface area contributed by atoms with Gasteiger partial charge in [-0.15, -0.1) is 11.3 Å². The van der Waals surface area contributed by atoms with Crippen molar-refractivity contribution in [3.05, 3.63) is 80.8 Å². The second kappa shape index (κ2) is 12.2. The molecule has 1 N–H and O–H groups in total. The molecule has 180 valence electrons. The Labute approximate surface area is 208 Å². The molecular formula is C24H25ClN2O5S2. The van der Waals surface area contributed by atoms with E-state index < -0.39 is 10.0 Å². The zero-order chi connectivity index (χ0) is 24.6. The van der Waals surface area contributed by atoms with Crippen LogP contribution >= 0.6 is 22.9 Å². The lowest BCUT2D eigenvalue weighted by Crippen LogP contribution is -2.25. The fraction of sp³-hybridized carbons (Fsp3) is 0.292. The Balaban J connectivity index is 1.69. The summed E-state index contributed by atoms with van der Waals surface area (Å²) in [6.07, 6.45) is 4.82. The van der Waals surface area contributed by atoms with Crippen LogP contribution in [0.2, 0.25) is 5.02 Å². The van der Waals surface area contributed by atoms with Crippen LogP contribution in [-0.4, -0.2) is 38.3 Å². The molecule has 0 radical (unpaired) electrons.